The number of carbonyl (C=O) groups is 3. The third-order valence-corrected chi connectivity index (χ3v) is 3.20. The molecule has 0 aliphatic carbocycles. The van der Waals surface area contributed by atoms with Gasteiger partial charge in [-0.2, -0.15) is 0 Å². The van der Waals surface area contributed by atoms with Crippen LogP contribution in [0, 0.1) is 0 Å². The molecule has 0 bridgehead atoms. The molecule has 8 nitrogen and oxygen atoms in total. The minimum absolute atomic E-state index is 0.00386. The molecule has 1 aliphatic heterocycles. The zero-order valence-electron chi connectivity index (χ0n) is 12.0. The normalized spacial score (nSPS) is 16.4. The Bertz CT molecular complexity index is 374. The Morgan fingerprint density at radius 1 is 1.20 bits per heavy atom. The summed E-state index contributed by atoms with van der Waals surface area (Å²) in [6.07, 6.45) is 0.729. The molecule has 3 amide bonds. The van der Waals surface area contributed by atoms with Crippen LogP contribution >= 0.6 is 0 Å². The van der Waals surface area contributed by atoms with Gasteiger partial charge in [0, 0.05) is 40.3 Å². The maximum atomic E-state index is 12.2. The molecule has 0 spiro atoms. The molecule has 20 heavy (non-hydrogen) atoms. The van der Waals surface area contributed by atoms with E-state index in [4.69, 9.17) is 5.11 Å². The number of hydrogen-bond acceptors (Lipinski definition) is 4. The van der Waals surface area contributed by atoms with Crippen LogP contribution in [0.4, 0.5) is 4.79 Å². The van der Waals surface area contributed by atoms with Gasteiger partial charge >= 0.3 is 12.0 Å². The van der Waals surface area contributed by atoms with Gasteiger partial charge in [0.15, 0.2) is 0 Å². The van der Waals surface area contributed by atoms with E-state index in [0.717, 1.165) is 6.42 Å². The van der Waals surface area contributed by atoms with Crippen molar-refractivity contribution in [3.8, 4) is 0 Å². The average Bonchev–Trinajstić information content (AvgIpc) is 2.62. The summed E-state index contributed by atoms with van der Waals surface area (Å²) in [7, 11) is 3.11. The van der Waals surface area contributed by atoms with Crippen molar-refractivity contribution in [1.82, 2.24) is 20.0 Å². The summed E-state index contributed by atoms with van der Waals surface area (Å²) < 4.78 is 0. The highest BCUT2D eigenvalue weighted by Crippen LogP contribution is 2.05. The van der Waals surface area contributed by atoms with E-state index in [9.17, 15) is 14.4 Å². The van der Waals surface area contributed by atoms with Crippen LogP contribution < -0.4 is 5.32 Å². The van der Waals surface area contributed by atoms with Crippen molar-refractivity contribution < 1.29 is 19.5 Å². The number of aliphatic carboxylic acids is 1. The molecule has 1 heterocycles. The second kappa shape index (κ2) is 7.68. The number of carboxylic acid groups (broad SMARTS) is 1. The summed E-state index contributed by atoms with van der Waals surface area (Å²) in [5.41, 5.74) is 0. The van der Waals surface area contributed by atoms with Gasteiger partial charge in [-0.05, 0) is 6.42 Å². The molecular formula is C12H22N4O4. The molecule has 1 fully saturated rings. The van der Waals surface area contributed by atoms with Crippen LogP contribution in [0.15, 0.2) is 0 Å². The fourth-order valence-electron chi connectivity index (χ4n) is 2.12. The number of likely N-dealkylation sites (N-methyl/N-ethyl adjacent to an activating group) is 2. The number of amides is 3. The predicted octanol–water partition coefficient (Wildman–Crippen LogP) is -1.12. The van der Waals surface area contributed by atoms with E-state index in [1.165, 1.54) is 11.9 Å². The average molecular weight is 286 g/mol. The predicted molar refractivity (Wildman–Crippen MR) is 72.4 cm³/mol. The van der Waals surface area contributed by atoms with E-state index in [1.54, 1.807) is 11.9 Å². The Morgan fingerprint density at radius 3 is 2.50 bits per heavy atom. The van der Waals surface area contributed by atoms with Crippen molar-refractivity contribution in [2.24, 2.45) is 0 Å². The van der Waals surface area contributed by atoms with Gasteiger partial charge in [-0.1, -0.05) is 0 Å². The highest BCUT2D eigenvalue weighted by Gasteiger charge is 2.23. The summed E-state index contributed by atoms with van der Waals surface area (Å²) in [6.45, 7) is 2.26. The van der Waals surface area contributed by atoms with Gasteiger partial charge in [-0.15, -0.1) is 0 Å². The Hall–Kier alpha value is -1.83. The third-order valence-electron chi connectivity index (χ3n) is 3.20. The van der Waals surface area contributed by atoms with Crippen LogP contribution in [-0.4, -0.2) is 91.1 Å². The van der Waals surface area contributed by atoms with Crippen LogP contribution in [0.1, 0.15) is 6.42 Å². The first kappa shape index (κ1) is 16.2. The van der Waals surface area contributed by atoms with Gasteiger partial charge in [-0.3, -0.25) is 14.5 Å². The van der Waals surface area contributed by atoms with Gasteiger partial charge < -0.3 is 20.2 Å². The van der Waals surface area contributed by atoms with Crippen molar-refractivity contribution in [3.05, 3.63) is 0 Å². The highest BCUT2D eigenvalue weighted by molar-refractivity contribution is 5.83. The topological polar surface area (TPSA) is 93.2 Å². The molecule has 1 aliphatic rings. The second-order valence-electron chi connectivity index (χ2n) is 4.82. The summed E-state index contributed by atoms with van der Waals surface area (Å²) in [5, 5.41) is 11.2. The molecule has 0 saturated carbocycles. The summed E-state index contributed by atoms with van der Waals surface area (Å²) in [6, 6.07) is -0.203. The number of rotatable bonds is 4. The molecular weight excluding hydrogens is 264 g/mol. The lowest BCUT2D eigenvalue weighted by Crippen LogP contribution is -2.46. The molecule has 0 aromatic carbocycles. The number of nitrogens with one attached hydrogen (secondary N) is 1. The van der Waals surface area contributed by atoms with E-state index in [0.29, 0.717) is 26.2 Å². The van der Waals surface area contributed by atoms with Gasteiger partial charge in [0.25, 0.3) is 0 Å². The molecule has 114 valence electrons. The standard InChI is InChI=1S/C12H22N4O4/c1-13-10(17)8-14(2)12(20)16-5-3-4-15(6-7-16)9-11(18)19/h3-9H2,1-2H3,(H,13,17)(H,18,19). The largest absolute Gasteiger partial charge is 0.480 e. The second-order valence-corrected chi connectivity index (χ2v) is 4.82. The first-order valence-corrected chi connectivity index (χ1v) is 6.58. The van der Waals surface area contributed by atoms with Crippen LogP contribution in [-0.2, 0) is 9.59 Å². The van der Waals surface area contributed by atoms with E-state index in [2.05, 4.69) is 5.32 Å². The quantitative estimate of drug-likeness (QED) is 0.682. The number of nitrogens with zero attached hydrogens (tertiary/aromatic N) is 3. The number of carbonyl (C=O) groups excluding carboxylic acids is 2. The van der Waals surface area contributed by atoms with Crippen LogP contribution in [0.5, 0.6) is 0 Å². The van der Waals surface area contributed by atoms with Crippen molar-refractivity contribution in [2.45, 2.75) is 6.42 Å². The Morgan fingerprint density at radius 2 is 1.90 bits per heavy atom. The summed E-state index contributed by atoms with van der Waals surface area (Å²) >= 11 is 0. The van der Waals surface area contributed by atoms with Crippen LogP contribution in [0.3, 0.4) is 0 Å². The number of urea groups is 1. The lowest BCUT2D eigenvalue weighted by Gasteiger charge is -2.26. The van der Waals surface area contributed by atoms with Crippen LogP contribution in [0.25, 0.3) is 0 Å². The molecule has 0 radical (unpaired) electrons. The lowest BCUT2D eigenvalue weighted by molar-refractivity contribution is -0.138. The Kier molecular flexibility index (Phi) is 6.23. The molecule has 0 aromatic rings. The van der Waals surface area contributed by atoms with Crippen molar-refractivity contribution in [3.63, 3.8) is 0 Å². The molecule has 1 saturated heterocycles. The SMILES string of the molecule is CNC(=O)CN(C)C(=O)N1CCCN(CC(=O)O)CC1. The fraction of sp³-hybridized carbons (Fsp3) is 0.750. The van der Waals surface area contributed by atoms with E-state index < -0.39 is 5.97 Å². The van der Waals surface area contributed by atoms with Gasteiger partial charge in [0.2, 0.25) is 5.91 Å². The lowest BCUT2D eigenvalue weighted by atomic mass is 10.4. The first-order valence-electron chi connectivity index (χ1n) is 6.58. The maximum Gasteiger partial charge on any atom is 0.320 e. The Labute approximate surface area is 118 Å². The van der Waals surface area contributed by atoms with Gasteiger partial charge in [0.05, 0.1) is 6.54 Å². The fourth-order valence-corrected chi connectivity index (χ4v) is 2.12. The minimum Gasteiger partial charge on any atom is -0.480 e. The van der Waals surface area contributed by atoms with Gasteiger partial charge in [-0.25, -0.2) is 4.79 Å². The maximum absolute atomic E-state index is 12.2. The van der Waals surface area contributed by atoms with Gasteiger partial charge in [0.1, 0.15) is 6.54 Å². The summed E-state index contributed by atoms with van der Waals surface area (Å²) in [4.78, 5) is 38.9. The van der Waals surface area contributed by atoms with Crippen LogP contribution in [0.2, 0.25) is 0 Å². The number of carboxylic acids is 1. The summed E-state index contributed by atoms with van der Waals surface area (Å²) in [5.74, 6) is -1.08. The molecule has 0 unspecified atom stereocenters. The zero-order chi connectivity index (χ0) is 15.1. The smallest absolute Gasteiger partial charge is 0.320 e. The first-order chi connectivity index (χ1) is 9.43. The monoisotopic (exact) mass is 286 g/mol. The van der Waals surface area contributed by atoms with Crippen molar-refractivity contribution in [2.75, 3.05) is 53.4 Å². The third kappa shape index (κ3) is 5.04. The van der Waals surface area contributed by atoms with E-state index in [-0.39, 0.29) is 25.0 Å². The number of hydrogen-bond donors (Lipinski definition) is 2. The van der Waals surface area contributed by atoms with E-state index >= 15 is 0 Å². The molecule has 8 heteroatoms. The molecule has 2 N–H and O–H groups in total. The molecule has 0 atom stereocenters. The Balaban J connectivity index is 2.49. The molecule has 0 aromatic heterocycles. The van der Waals surface area contributed by atoms with Crippen molar-refractivity contribution >= 4 is 17.9 Å². The van der Waals surface area contributed by atoms with Crippen molar-refractivity contribution in [1.29, 1.82) is 0 Å². The highest BCUT2D eigenvalue weighted by atomic mass is 16.4. The van der Waals surface area contributed by atoms with E-state index in [1.807, 2.05) is 4.90 Å². The zero-order valence-corrected chi connectivity index (χ0v) is 12.0. The minimum atomic E-state index is -0.860. The molecule has 1 rings (SSSR count).